The van der Waals surface area contributed by atoms with Crippen LogP contribution < -0.4 is 0 Å². The fraction of sp³-hybridized carbons (Fsp3) is 0.800. The Morgan fingerprint density at radius 3 is 1.31 bits per heavy atom. The summed E-state index contributed by atoms with van der Waals surface area (Å²) in [4.78, 5) is 0. The quantitative estimate of drug-likeness (QED) is 0.517. The number of sulfone groups is 1. The minimum atomic E-state index is -8.00. The molecule has 0 aromatic heterocycles. The van der Waals surface area contributed by atoms with E-state index in [0.29, 0.717) is 0 Å². The molecule has 2 nitrogen and oxygen atoms in total. The summed E-state index contributed by atoms with van der Waals surface area (Å²) in [5.41, 5.74) is 0. The molecule has 156 valence electrons. The van der Waals surface area contributed by atoms with Gasteiger partial charge < -0.3 is 0 Å². The van der Waals surface area contributed by atoms with E-state index in [1.165, 1.54) is 0 Å². The lowest BCUT2D eigenvalue weighted by molar-refractivity contribution is -0.439. The molecule has 0 aliphatic rings. The molecular weight excluding hydrogens is 431 g/mol. The molecule has 0 saturated carbocycles. The summed E-state index contributed by atoms with van der Waals surface area (Å²) in [5.74, 6) is -39.7. The van der Waals surface area contributed by atoms with Gasteiger partial charge in [0.05, 0.1) is 5.75 Å². The predicted molar refractivity (Wildman–Crippen MR) is 59.4 cm³/mol. The zero-order valence-electron chi connectivity index (χ0n) is 11.8. The minimum Gasteiger partial charge on any atom is -0.224 e. The molecule has 0 saturated heterocycles. The second-order valence-electron chi connectivity index (χ2n) is 4.78. The van der Waals surface area contributed by atoms with E-state index in [0.717, 1.165) is 0 Å². The van der Waals surface area contributed by atoms with Crippen molar-refractivity contribution >= 4 is 9.84 Å². The summed E-state index contributed by atoms with van der Waals surface area (Å²) >= 11 is 0. The standard InChI is InChI=1S/C10H7F13O2S/c1-2-26(24,25)4-3-5(11,12)6(13,14)7(15,16)8(17,18)9(19,20)10(21,22)23/h2H,1,3-4H2. The van der Waals surface area contributed by atoms with E-state index in [2.05, 4.69) is 6.58 Å². The first kappa shape index (κ1) is 24.8. The van der Waals surface area contributed by atoms with Crippen molar-refractivity contribution in [3.05, 3.63) is 12.0 Å². The van der Waals surface area contributed by atoms with Crippen molar-refractivity contribution in [3.8, 4) is 0 Å². The minimum absolute atomic E-state index is 0.0915. The molecule has 0 aliphatic heterocycles. The second-order valence-corrected chi connectivity index (χ2v) is 6.85. The van der Waals surface area contributed by atoms with Crippen LogP contribution in [0.2, 0.25) is 0 Å². The first-order valence-corrected chi connectivity index (χ1v) is 7.54. The average Bonchev–Trinajstić information content (AvgIpc) is 2.43. The van der Waals surface area contributed by atoms with Gasteiger partial charge >= 0.3 is 35.8 Å². The normalized spacial score (nSPS) is 15.9. The summed E-state index contributed by atoms with van der Waals surface area (Å²) < 4.78 is 187. The van der Waals surface area contributed by atoms with E-state index < -0.39 is 57.8 Å². The van der Waals surface area contributed by atoms with Crippen LogP contribution in [0.1, 0.15) is 6.42 Å². The first-order valence-electron chi connectivity index (χ1n) is 5.83. The van der Waals surface area contributed by atoms with Crippen molar-refractivity contribution in [3.63, 3.8) is 0 Å². The van der Waals surface area contributed by atoms with Crippen LogP contribution in [0.3, 0.4) is 0 Å². The van der Waals surface area contributed by atoms with Crippen LogP contribution in [0.5, 0.6) is 0 Å². The van der Waals surface area contributed by atoms with Crippen molar-refractivity contribution < 1.29 is 65.5 Å². The van der Waals surface area contributed by atoms with Crippen LogP contribution >= 0.6 is 0 Å². The first-order chi connectivity index (χ1) is 11.0. The molecule has 0 amide bonds. The molecule has 0 spiro atoms. The van der Waals surface area contributed by atoms with Gasteiger partial charge in [-0.3, -0.25) is 0 Å². The van der Waals surface area contributed by atoms with Gasteiger partial charge in [0.2, 0.25) is 0 Å². The molecule has 0 atom stereocenters. The SMILES string of the molecule is C=CS(=O)(=O)CCC(F)(F)C(F)(F)C(F)(F)C(F)(F)C(F)(F)C(F)(F)F. The van der Waals surface area contributed by atoms with E-state index >= 15 is 0 Å². The van der Waals surface area contributed by atoms with Gasteiger partial charge in [-0.25, -0.2) is 8.42 Å². The number of hydrogen-bond acceptors (Lipinski definition) is 2. The molecule has 16 heteroatoms. The van der Waals surface area contributed by atoms with Gasteiger partial charge in [-0.2, -0.15) is 57.1 Å². The number of alkyl halides is 13. The van der Waals surface area contributed by atoms with Crippen LogP contribution in [-0.2, 0) is 9.84 Å². The number of hydrogen-bond donors (Lipinski definition) is 0. The van der Waals surface area contributed by atoms with Crippen molar-refractivity contribution in [1.29, 1.82) is 0 Å². The fourth-order valence-electron chi connectivity index (χ4n) is 1.31. The highest BCUT2D eigenvalue weighted by Gasteiger charge is 2.90. The Bertz CT molecular complexity index is 632. The third kappa shape index (κ3) is 3.74. The Hall–Kier alpha value is -1.22. The van der Waals surface area contributed by atoms with Crippen LogP contribution in [0.15, 0.2) is 12.0 Å². The van der Waals surface area contributed by atoms with E-state index in [1.54, 1.807) is 0 Å². The molecule has 0 radical (unpaired) electrons. The lowest BCUT2D eigenvalue weighted by Gasteiger charge is -2.39. The van der Waals surface area contributed by atoms with Crippen molar-refractivity contribution in [1.82, 2.24) is 0 Å². The number of halogens is 13. The van der Waals surface area contributed by atoms with Crippen LogP contribution in [0.4, 0.5) is 57.1 Å². The molecule has 0 heterocycles. The lowest BCUT2D eigenvalue weighted by atomic mass is 9.93. The third-order valence-electron chi connectivity index (χ3n) is 2.95. The van der Waals surface area contributed by atoms with Gasteiger partial charge in [0.1, 0.15) is 0 Å². The lowest BCUT2D eigenvalue weighted by Crippen LogP contribution is -2.70. The van der Waals surface area contributed by atoms with Gasteiger partial charge in [0, 0.05) is 11.8 Å². The zero-order valence-corrected chi connectivity index (χ0v) is 12.7. The molecule has 26 heavy (non-hydrogen) atoms. The Balaban J connectivity index is 6.12. The van der Waals surface area contributed by atoms with Gasteiger partial charge in [0.15, 0.2) is 9.84 Å². The van der Waals surface area contributed by atoms with Gasteiger partial charge in [-0.1, -0.05) is 6.58 Å². The summed E-state index contributed by atoms with van der Waals surface area (Å²) in [6.45, 7) is 2.53. The summed E-state index contributed by atoms with van der Waals surface area (Å²) in [6.07, 6.45) is -10.3. The van der Waals surface area contributed by atoms with Gasteiger partial charge in [-0.15, -0.1) is 0 Å². The smallest absolute Gasteiger partial charge is 0.224 e. The second kappa shape index (κ2) is 6.44. The maximum absolute atomic E-state index is 13.2. The average molecular weight is 438 g/mol. The molecule has 0 aliphatic carbocycles. The zero-order chi connectivity index (χ0) is 21.6. The molecule has 0 aromatic rings. The van der Waals surface area contributed by atoms with Crippen molar-refractivity contribution in [2.45, 2.75) is 42.2 Å². The highest BCUT2D eigenvalue weighted by Crippen LogP contribution is 2.60. The number of rotatable bonds is 8. The van der Waals surface area contributed by atoms with E-state index in [4.69, 9.17) is 0 Å². The monoisotopic (exact) mass is 438 g/mol. The molecule has 0 rings (SSSR count). The van der Waals surface area contributed by atoms with Crippen LogP contribution in [0.25, 0.3) is 0 Å². The molecule has 0 unspecified atom stereocenters. The molecule has 0 aromatic carbocycles. The highest BCUT2D eigenvalue weighted by atomic mass is 32.2. The Morgan fingerprint density at radius 2 is 1.00 bits per heavy atom. The fourth-order valence-corrected chi connectivity index (χ4v) is 2.02. The van der Waals surface area contributed by atoms with E-state index in [-0.39, 0.29) is 5.41 Å². The molecule has 0 fully saturated rings. The summed E-state index contributed by atoms with van der Waals surface area (Å²) in [7, 11) is -4.76. The predicted octanol–water partition coefficient (Wildman–Crippen LogP) is 4.67. The molecule has 0 N–H and O–H groups in total. The summed E-state index contributed by atoms with van der Waals surface area (Å²) in [6, 6.07) is 0. The van der Waals surface area contributed by atoms with Gasteiger partial charge in [0.25, 0.3) is 0 Å². The Morgan fingerprint density at radius 1 is 0.654 bits per heavy atom. The summed E-state index contributed by atoms with van der Waals surface area (Å²) in [5, 5.41) is -0.0915. The maximum Gasteiger partial charge on any atom is 0.460 e. The third-order valence-corrected chi connectivity index (χ3v) is 4.23. The molecule has 0 bridgehead atoms. The maximum atomic E-state index is 13.2. The molecular formula is C10H7F13O2S. The van der Waals surface area contributed by atoms with E-state index in [9.17, 15) is 65.5 Å². The topological polar surface area (TPSA) is 34.1 Å². The highest BCUT2D eigenvalue weighted by molar-refractivity contribution is 7.94. The Labute approximate surface area is 136 Å². The van der Waals surface area contributed by atoms with Crippen molar-refractivity contribution in [2.24, 2.45) is 0 Å². The van der Waals surface area contributed by atoms with Crippen LogP contribution in [-0.4, -0.2) is 50.0 Å². The van der Waals surface area contributed by atoms with Crippen LogP contribution in [0, 0.1) is 0 Å². The van der Waals surface area contributed by atoms with Crippen molar-refractivity contribution in [2.75, 3.05) is 5.75 Å². The van der Waals surface area contributed by atoms with Gasteiger partial charge in [-0.05, 0) is 0 Å². The van der Waals surface area contributed by atoms with E-state index in [1.807, 2.05) is 0 Å². The largest absolute Gasteiger partial charge is 0.460 e. The Kier molecular flexibility index (Phi) is 6.14.